The summed E-state index contributed by atoms with van der Waals surface area (Å²) in [5, 5.41) is 12.2. The van der Waals surface area contributed by atoms with Crippen LogP contribution in [0.25, 0.3) is 11.1 Å². The Morgan fingerprint density at radius 2 is 1.73 bits per heavy atom. The van der Waals surface area contributed by atoms with Gasteiger partial charge in [-0.3, -0.25) is 13.9 Å². The molecule has 0 bridgehead atoms. The smallest absolute Gasteiger partial charge is 0.451 e. The van der Waals surface area contributed by atoms with Gasteiger partial charge in [0.25, 0.3) is 10.1 Å². The SMILES string of the molecule is Cc1ccc(S(=O)(=O)O[C@H]2C[C@@H](C(=O)NCc3cc(-c4cnc(C(F)(F)F)nc4)ccc3F)N(C(=O)O)[C@H]2C)cc1. The van der Waals surface area contributed by atoms with Gasteiger partial charge in [-0.05, 0) is 43.7 Å². The minimum absolute atomic E-state index is 0.0431. The van der Waals surface area contributed by atoms with Gasteiger partial charge in [-0.25, -0.2) is 19.2 Å². The van der Waals surface area contributed by atoms with Crippen molar-refractivity contribution in [2.75, 3.05) is 0 Å². The van der Waals surface area contributed by atoms with Crippen molar-refractivity contribution in [1.82, 2.24) is 20.2 Å². The van der Waals surface area contributed by atoms with Crippen molar-refractivity contribution in [3.05, 3.63) is 77.6 Å². The molecule has 0 unspecified atom stereocenters. The maximum absolute atomic E-state index is 14.5. The number of hydrogen-bond acceptors (Lipinski definition) is 7. The van der Waals surface area contributed by atoms with E-state index in [0.717, 1.165) is 28.9 Å². The van der Waals surface area contributed by atoms with E-state index in [2.05, 4.69) is 15.3 Å². The zero-order valence-electron chi connectivity index (χ0n) is 21.6. The van der Waals surface area contributed by atoms with Gasteiger partial charge in [0.15, 0.2) is 0 Å². The Balaban J connectivity index is 1.48. The van der Waals surface area contributed by atoms with Gasteiger partial charge >= 0.3 is 12.3 Å². The highest BCUT2D eigenvalue weighted by Gasteiger charge is 2.47. The molecular weight excluding hydrogens is 572 g/mol. The predicted molar refractivity (Wildman–Crippen MR) is 135 cm³/mol. The van der Waals surface area contributed by atoms with Crippen LogP contribution in [0.4, 0.5) is 22.4 Å². The Bertz CT molecular complexity index is 1550. The minimum Gasteiger partial charge on any atom is -0.465 e. The van der Waals surface area contributed by atoms with Gasteiger partial charge in [0.1, 0.15) is 18.0 Å². The van der Waals surface area contributed by atoms with Crippen LogP contribution in [0.2, 0.25) is 0 Å². The van der Waals surface area contributed by atoms with Crippen LogP contribution in [-0.2, 0) is 31.8 Å². The van der Waals surface area contributed by atoms with E-state index in [9.17, 15) is 40.7 Å². The lowest BCUT2D eigenvalue weighted by atomic mass is 10.0. The molecule has 0 spiro atoms. The molecule has 41 heavy (non-hydrogen) atoms. The Labute approximate surface area is 232 Å². The van der Waals surface area contributed by atoms with E-state index >= 15 is 0 Å². The summed E-state index contributed by atoms with van der Waals surface area (Å²) >= 11 is 0. The molecule has 2 heterocycles. The van der Waals surface area contributed by atoms with Crippen molar-refractivity contribution in [3.63, 3.8) is 0 Å². The Kier molecular flexibility index (Phi) is 8.31. The molecule has 0 saturated carbocycles. The first-order valence-corrected chi connectivity index (χ1v) is 13.5. The van der Waals surface area contributed by atoms with Gasteiger partial charge in [0, 0.05) is 36.5 Å². The van der Waals surface area contributed by atoms with Gasteiger partial charge in [-0.15, -0.1) is 0 Å². The molecule has 218 valence electrons. The summed E-state index contributed by atoms with van der Waals surface area (Å²) in [6, 6.07) is 7.14. The zero-order chi connectivity index (χ0) is 30.1. The minimum atomic E-state index is -4.73. The molecule has 1 aliphatic heterocycles. The number of carboxylic acid groups (broad SMARTS) is 1. The molecule has 2 N–H and O–H groups in total. The highest BCUT2D eigenvalue weighted by atomic mass is 32.2. The third kappa shape index (κ3) is 6.62. The fourth-order valence-corrected chi connectivity index (χ4v) is 5.54. The second-order valence-electron chi connectivity index (χ2n) is 9.40. The Morgan fingerprint density at radius 3 is 2.32 bits per heavy atom. The van der Waals surface area contributed by atoms with E-state index < -0.39 is 64.7 Å². The number of carbonyl (C=O) groups excluding carboxylic acids is 1. The average Bonchev–Trinajstić information content (AvgIpc) is 3.23. The topological polar surface area (TPSA) is 139 Å². The quantitative estimate of drug-likeness (QED) is 0.307. The van der Waals surface area contributed by atoms with Crippen LogP contribution in [-0.4, -0.2) is 58.6 Å². The summed E-state index contributed by atoms with van der Waals surface area (Å²) in [6.07, 6.45) is -5.80. The van der Waals surface area contributed by atoms with Gasteiger partial charge in [0.2, 0.25) is 11.7 Å². The van der Waals surface area contributed by atoms with E-state index in [-0.39, 0.29) is 28.0 Å². The van der Waals surface area contributed by atoms with E-state index in [1.54, 1.807) is 19.1 Å². The number of aromatic nitrogens is 2. The summed E-state index contributed by atoms with van der Waals surface area (Å²) in [5.41, 5.74) is 1.22. The highest BCUT2D eigenvalue weighted by molar-refractivity contribution is 7.86. The first-order chi connectivity index (χ1) is 19.2. The summed E-state index contributed by atoms with van der Waals surface area (Å²) < 4.78 is 83.6. The zero-order valence-corrected chi connectivity index (χ0v) is 22.4. The maximum Gasteiger partial charge on any atom is 0.451 e. The number of alkyl halides is 3. The van der Waals surface area contributed by atoms with Crippen LogP contribution in [0.5, 0.6) is 0 Å². The number of aryl methyl sites for hydroxylation is 1. The third-order valence-electron chi connectivity index (χ3n) is 6.59. The molecular formula is C26H24F4N4O6S. The van der Waals surface area contributed by atoms with Crippen molar-refractivity contribution >= 4 is 22.1 Å². The standard InChI is InChI=1S/C26H24F4N4O6S/c1-14-3-6-19(7-4-14)41(38,39)40-22-10-21(34(15(22)2)25(36)37)23(35)31-11-17-9-16(5-8-20(17)27)18-12-32-24(33-13-18)26(28,29)30/h3-9,12-13,15,21-22H,10-11H2,1-2H3,(H,31,35)(H,36,37)/t15-,21-,22-/m0/s1. The van der Waals surface area contributed by atoms with Crippen molar-refractivity contribution < 1.29 is 44.9 Å². The lowest BCUT2D eigenvalue weighted by Crippen LogP contribution is -2.48. The van der Waals surface area contributed by atoms with Gasteiger partial charge in [-0.1, -0.05) is 23.8 Å². The fourth-order valence-electron chi connectivity index (χ4n) is 4.39. The molecule has 1 fully saturated rings. The van der Waals surface area contributed by atoms with Crippen LogP contribution < -0.4 is 5.32 Å². The predicted octanol–water partition coefficient (Wildman–Crippen LogP) is 4.14. The van der Waals surface area contributed by atoms with Crippen LogP contribution in [0.3, 0.4) is 0 Å². The Morgan fingerprint density at radius 1 is 1.10 bits per heavy atom. The fraction of sp³-hybridized carbons (Fsp3) is 0.308. The highest BCUT2D eigenvalue weighted by Crippen LogP contribution is 2.31. The number of nitrogens with zero attached hydrogens (tertiary/aromatic N) is 3. The molecule has 1 saturated heterocycles. The van der Waals surface area contributed by atoms with Gasteiger partial charge in [0.05, 0.1) is 10.9 Å². The average molecular weight is 597 g/mol. The first kappa shape index (κ1) is 29.9. The summed E-state index contributed by atoms with van der Waals surface area (Å²) in [5.74, 6) is -2.89. The van der Waals surface area contributed by atoms with Crippen LogP contribution >= 0.6 is 0 Å². The molecule has 15 heteroatoms. The van der Waals surface area contributed by atoms with E-state index in [0.29, 0.717) is 0 Å². The molecule has 4 rings (SSSR count). The lowest BCUT2D eigenvalue weighted by Gasteiger charge is -2.25. The van der Waals surface area contributed by atoms with E-state index in [4.69, 9.17) is 4.18 Å². The number of carbonyl (C=O) groups is 2. The van der Waals surface area contributed by atoms with Crippen LogP contribution in [0.15, 0.2) is 59.8 Å². The summed E-state index contributed by atoms with van der Waals surface area (Å²) in [6.45, 7) is 2.78. The first-order valence-electron chi connectivity index (χ1n) is 12.1. The summed E-state index contributed by atoms with van der Waals surface area (Å²) in [4.78, 5) is 32.2. The normalized spacial score (nSPS) is 19.3. The van der Waals surface area contributed by atoms with Crippen molar-refractivity contribution in [2.45, 2.75) is 56.1 Å². The number of nitrogens with one attached hydrogen (secondary N) is 1. The second kappa shape index (κ2) is 11.4. The second-order valence-corrected chi connectivity index (χ2v) is 11.0. The lowest BCUT2D eigenvalue weighted by molar-refractivity contribution is -0.145. The van der Waals surface area contributed by atoms with Crippen molar-refractivity contribution in [2.24, 2.45) is 0 Å². The Hall–Kier alpha value is -4.11. The number of amides is 2. The van der Waals surface area contributed by atoms with Crippen molar-refractivity contribution in [1.29, 1.82) is 0 Å². The molecule has 0 aliphatic carbocycles. The van der Waals surface area contributed by atoms with Gasteiger partial charge in [-0.2, -0.15) is 21.6 Å². The molecule has 2 aromatic carbocycles. The molecule has 2 amide bonds. The molecule has 0 radical (unpaired) electrons. The van der Waals surface area contributed by atoms with E-state index in [1.807, 2.05) is 0 Å². The molecule has 1 aromatic heterocycles. The largest absolute Gasteiger partial charge is 0.465 e. The molecule has 1 aliphatic rings. The van der Waals surface area contributed by atoms with Gasteiger partial charge < -0.3 is 10.4 Å². The monoisotopic (exact) mass is 596 g/mol. The van der Waals surface area contributed by atoms with Crippen molar-refractivity contribution in [3.8, 4) is 11.1 Å². The number of benzene rings is 2. The van der Waals surface area contributed by atoms with E-state index in [1.165, 1.54) is 31.2 Å². The summed E-state index contributed by atoms with van der Waals surface area (Å²) in [7, 11) is -4.27. The molecule has 10 nitrogen and oxygen atoms in total. The number of halogens is 4. The maximum atomic E-state index is 14.5. The third-order valence-corrected chi connectivity index (χ3v) is 7.94. The number of hydrogen-bond donors (Lipinski definition) is 2. The van der Waals surface area contributed by atoms with Crippen LogP contribution in [0, 0.1) is 12.7 Å². The molecule has 3 atom stereocenters. The number of rotatable bonds is 7. The van der Waals surface area contributed by atoms with Crippen LogP contribution in [0.1, 0.15) is 30.3 Å². The molecule has 3 aromatic rings. The number of likely N-dealkylation sites (tertiary alicyclic amines) is 1.